The van der Waals surface area contributed by atoms with E-state index in [4.69, 9.17) is 4.74 Å². The van der Waals surface area contributed by atoms with Gasteiger partial charge in [0.05, 0.1) is 31.7 Å². The first-order chi connectivity index (χ1) is 17.8. The lowest BCUT2D eigenvalue weighted by Crippen LogP contribution is -2.45. The SMILES string of the molecule is COC(=O)[C@H]1CN2C(=O)[C@@H](NC(=O)c3ccccc3)[C@H](c3ccccc3)N2[C@H]1c1c(C)cc(C)cc1C. The molecule has 1 N–H and O–H groups in total. The van der Waals surface area contributed by atoms with Crippen molar-refractivity contribution in [2.24, 2.45) is 5.92 Å². The highest BCUT2D eigenvalue weighted by Crippen LogP contribution is 2.50. The number of amides is 2. The van der Waals surface area contributed by atoms with E-state index in [1.807, 2.05) is 62.2 Å². The van der Waals surface area contributed by atoms with Crippen LogP contribution in [0.2, 0.25) is 0 Å². The molecule has 2 fully saturated rings. The lowest BCUT2D eigenvalue weighted by atomic mass is 9.85. The number of hydrazine groups is 1. The number of esters is 1. The number of nitrogens with zero attached hydrogens (tertiary/aromatic N) is 2. The van der Waals surface area contributed by atoms with Gasteiger partial charge in [0.15, 0.2) is 0 Å². The van der Waals surface area contributed by atoms with Crippen molar-refractivity contribution in [1.82, 2.24) is 15.3 Å². The molecule has 3 aromatic carbocycles. The second-order valence-corrected chi connectivity index (χ2v) is 9.86. The molecule has 4 atom stereocenters. The van der Waals surface area contributed by atoms with Crippen LogP contribution in [-0.4, -0.2) is 47.5 Å². The fraction of sp³-hybridized carbons (Fsp3) is 0.300. The van der Waals surface area contributed by atoms with Crippen molar-refractivity contribution in [3.63, 3.8) is 0 Å². The Labute approximate surface area is 217 Å². The summed E-state index contributed by atoms with van der Waals surface area (Å²) in [6.07, 6.45) is 0. The maximum atomic E-state index is 13.9. The molecule has 0 radical (unpaired) electrons. The van der Waals surface area contributed by atoms with Gasteiger partial charge in [0, 0.05) is 5.56 Å². The van der Waals surface area contributed by atoms with Crippen LogP contribution in [0.15, 0.2) is 72.8 Å². The topological polar surface area (TPSA) is 79.0 Å². The van der Waals surface area contributed by atoms with E-state index in [-0.39, 0.29) is 24.3 Å². The van der Waals surface area contributed by atoms with E-state index in [1.54, 1.807) is 29.3 Å². The zero-order valence-corrected chi connectivity index (χ0v) is 21.5. The third-order valence-electron chi connectivity index (χ3n) is 7.44. The number of aryl methyl sites for hydroxylation is 3. The largest absolute Gasteiger partial charge is 0.469 e. The van der Waals surface area contributed by atoms with Crippen LogP contribution < -0.4 is 5.32 Å². The molecule has 3 aromatic rings. The summed E-state index contributed by atoms with van der Waals surface area (Å²) in [6, 6.07) is 21.0. The van der Waals surface area contributed by atoms with Gasteiger partial charge in [-0.15, -0.1) is 0 Å². The Balaban J connectivity index is 1.64. The fourth-order valence-electron chi connectivity index (χ4n) is 5.99. The highest BCUT2D eigenvalue weighted by Gasteiger charge is 2.59. The van der Waals surface area contributed by atoms with Crippen LogP contribution >= 0.6 is 0 Å². The molecule has 0 unspecified atom stereocenters. The van der Waals surface area contributed by atoms with Gasteiger partial charge in [0.1, 0.15) is 6.04 Å². The van der Waals surface area contributed by atoms with E-state index in [9.17, 15) is 14.4 Å². The Morgan fingerprint density at radius 3 is 2.08 bits per heavy atom. The van der Waals surface area contributed by atoms with Crippen molar-refractivity contribution >= 4 is 17.8 Å². The van der Waals surface area contributed by atoms with Crippen molar-refractivity contribution < 1.29 is 19.1 Å². The van der Waals surface area contributed by atoms with Crippen molar-refractivity contribution in [3.05, 3.63) is 106 Å². The highest BCUT2D eigenvalue weighted by atomic mass is 16.5. The number of rotatable bonds is 5. The number of carbonyl (C=O) groups is 3. The number of hydrogen-bond acceptors (Lipinski definition) is 5. The number of carbonyl (C=O) groups excluding carboxylic acids is 3. The maximum Gasteiger partial charge on any atom is 0.312 e. The monoisotopic (exact) mass is 497 g/mol. The number of ether oxygens (including phenoxy) is 1. The average Bonchev–Trinajstić information content (AvgIpc) is 3.39. The van der Waals surface area contributed by atoms with Crippen molar-refractivity contribution in [2.75, 3.05) is 13.7 Å². The summed E-state index contributed by atoms with van der Waals surface area (Å²) in [4.78, 5) is 40.2. The number of nitrogens with one attached hydrogen (secondary N) is 1. The molecule has 2 aliphatic rings. The quantitative estimate of drug-likeness (QED) is 0.538. The van der Waals surface area contributed by atoms with Gasteiger partial charge in [-0.1, -0.05) is 66.2 Å². The van der Waals surface area contributed by atoms with Crippen molar-refractivity contribution in [1.29, 1.82) is 0 Å². The van der Waals surface area contributed by atoms with Crippen LogP contribution in [0.5, 0.6) is 0 Å². The van der Waals surface area contributed by atoms with E-state index in [1.165, 1.54) is 7.11 Å². The summed E-state index contributed by atoms with van der Waals surface area (Å²) in [5.41, 5.74) is 5.61. The smallest absolute Gasteiger partial charge is 0.312 e. The number of methoxy groups -OCH3 is 1. The zero-order chi connectivity index (χ0) is 26.3. The minimum Gasteiger partial charge on any atom is -0.469 e. The summed E-state index contributed by atoms with van der Waals surface area (Å²) in [5.74, 6) is -1.47. The molecule has 2 heterocycles. The van der Waals surface area contributed by atoms with Gasteiger partial charge in [-0.25, -0.2) is 5.01 Å². The minimum absolute atomic E-state index is 0.184. The van der Waals surface area contributed by atoms with Gasteiger partial charge in [0.2, 0.25) is 0 Å². The molecular formula is C30H31N3O4. The number of hydrogen-bond donors (Lipinski definition) is 1. The predicted octanol–water partition coefficient (Wildman–Crippen LogP) is 4.05. The van der Waals surface area contributed by atoms with Gasteiger partial charge in [-0.3, -0.25) is 19.4 Å². The van der Waals surface area contributed by atoms with Gasteiger partial charge in [-0.2, -0.15) is 0 Å². The van der Waals surface area contributed by atoms with E-state index in [2.05, 4.69) is 17.4 Å². The molecule has 0 aliphatic carbocycles. The maximum absolute atomic E-state index is 13.9. The normalized spacial score (nSPS) is 23.1. The summed E-state index contributed by atoms with van der Waals surface area (Å²) in [7, 11) is 1.38. The fourth-order valence-corrected chi connectivity index (χ4v) is 5.99. The molecule has 190 valence electrons. The molecule has 0 bridgehead atoms. The molecule has 7 heteroatoms. The molecule has 2 saturated heterocycles. The first kappa shape index (κ1) is 24.7. The first-order valence-electron chi connectivity index (χ1n) is 12.5. The van der Waals surface area contributed by atoms with Crippen LogP contribution in [0.3, 0.4) is 0 Å². The predicted molar refractivity (Wildman–Crippen MR) is 139 cm³/mol. The number of benzene rings is 3. The van der Waals surface area contributed by atoms with Gasteiger partial charge >= 0.3 is 5.97 Å². The van der Waals surface area contributed by atoms with Crippen LogP contribution in [-0.2, 0) is 14.3 Å². The Kier molecular flexibility index (Phi) is 6.56. The Morgan fingerprint density at radius 1 is 0.892 bits per heavy atom. The Morgan fingerprint density at radius 2 is 1.49 bits per heavy atom. The second-order valence-electron chi connectivity index (χ2n) is 9.86. The van der Waals surface area contributed by atoms with E-state index < -0.39 is 24.0 Å². The van der Waals surface area contributed by atoms with E-state index in [0.29, 0.717) is 5.56 Å². The molecular weight excluding hydrogens is 466 g/mol. The van der Waals surface area contributed by atoms with Crippen LogP contribution in [0.4, 0.5) is 0 Å². The molecule has 5 rings (SSSR count). The van der Waals surface area contributed by atoms with Gasteiger partial charge in [-0.05, 0) is 55.2 Å². The summed E-state index contributed by atoms with van der Waals surface area (Å²) < 4.78 is 5.21. The third-order valence-corrected chi connectivity index (χ3v) is 7.44. The van der Waals surface area contributed by atoms with Crippen LogP contribution in [0.25, 0.3) is 0 Å². The van der Waals surface area contributed by atoms with Crippen molar-refractivity contribution in [3.8, 4) is 0 Å². The molecule has 2 amide bonds. The lowest BCUT2D eigenvalue weighted by Gasteiger charge is -2.34. The number of fused-ring (bicyclic) bond motifs is 1. The zero-order valence-electron chi connectivity index (χ0n) is 21.5. The summed E-state index contributed by atoms with van der Waals surface area (Å²) in [6.45, 7) is 6.31. The molecule has 7 nitrogen and oxygen atoms in total. The Bertz CT molecular complexity index is 1320. The molecule has 0 spiro atoms. The third kappa shape index (κ3) is 4.29. The molecule has 2 aliphatic heterocycles. The summed E-state index contributed by atoms with van der Waals surface area (Å²) >= 11 is 0. The van der Waals surface area contributed by atoms with Gasteiger partial charge < -0.3 is 10.1 Å². The van der Waals surface area contributed by atoms with Crippen LogP contribution in [0, 0.1) is 26.7 Å². The van der Waals surface area contributed by atoms with E-state index >= 15 is 0 Å². The summed E-state index contributed by atoms with van der Waals surface area (Å²) in [5, 5.41) is 6.64. The molecule has 0 aromatic heterocycles. The lowest BCUT2D eigenvalue weighted by molar-refractivity contribution is -0.146. The van der Waals surface area contributed by atoms with Crippen LogP contribution in [0.1, 0.15) is 50.3 Å². The van der Waals surface area contributed by atoms with E-state index in [0.717, 1.165) is 27.8 Å². The second kappa shape index (κ2) is 9.82. The Hall–Kier alpha value is -3.97. The average molecular weight is 498 g/mol. The highest BCUT2D eigenvalue weighted by molar-refractivity contribution is 5.98. The minimum atomic E-state index is -0.817. The van der Waals surface area contributed by atoms with Crippen molar-refractivity contribution in [2.45, 2.75) is 38.9 Å². The molecule has 37 heavy (non-hydrogen) atoms. The molecule has 0 saturated carbocycles. The van der Waals surface area contributed by atoms with Gasteiger partial charge in [0.25, 0.3) is 11.8 Å². The standard InChI is InChI=1S/C30H31N3O4/c1-18-15-19(2)24(20(3)16-18)27-23(30(36)37-4)17-32-29(35)25(31-28(34)22-13-9-6-10-14-22)26(33(27)32)21-11-7-5-8-12-21/h5-16,23,25-27H,17H2,1-4H3,(H,31,34)/t23-,25-,26-,27+/m0/s1. The first-order valence-corrected chi connectivity index (χ1v) is 12.5.